The molecule has 1 aromatic carbocycles. The highest BCUT2D eigenvalue weighted by Gasteiger charge is 2.27. The van der Waals surface area contributed by atoms with Crippen LogP contribution in [0.4, 0.5) is 5.69 Å². The number of rotatable bonds is 0. The third kappa shape index (κ3) is 1.85. The fourth-order valence-electron chi connectivity index (χ4n) is 1.67. The lowest BCUT2D eigenvalue weighted by atomic mass is 10.2. The van der Waals surface area contributed by atoms with Gasteiger partial charge in [-0.2, -0.15) is 0 Å². The van der Waals surface area contributed by atoms with E-state index in [4.69, 9.17) is 27.9 Å². The Kier molecular flexibility index (Phi) is 3.00. The third-order valence-corrected chi connectivity index (χ3v) is 3.08. The Labute approximate surface area is 104 Å². The molecule has 0 N–H and O–H groups in total. The predicted molar refractivity (Wildman–Crippen MR) is 64.5 cm³/mol. The number of fused-ring (bicyclic) bond motifs is 1. The number of carbonyl (C=O) groups is 1. The molecule has 1 aliphatic heterocycles. The minimum atomic E-state index is -0.188. The number of anilines is 1. The second kappa shape index (κ2) is 4.15. The summed E-state index contributed by atoms with van der Waals surface area (Å²) in [5.74, 6) is 0.329. The van der Waals surface area contributed by atoms with Gasteiger partial charge in [-0.25, -0.2) is 0 Å². The zero-order chi connectivity index (χ0) is 11.9. The van der Waals surface area contributed by atoms with Crippen molar-refractivity contribution in [3.63, 3.8) is 0 Å². The summed E-state index contributed by atoms with van der Waals surface area (Å²) in [7, 11) is 1.69. The van der Waals surface area contributed by atoms with Crippen LogP contribution >= 0.6 is 23.2 Å². The molecule has 0 bridgehead atoms. The molecular formula is C11H11Cl2NO2. The molecule has 0 saturated carbocycles. The minimum Gasteiger partial charge on any atom is -0.489 e. The van der Waals surface area contributed by atoms with Gasteiger partial charge < -0.3 is 9.64 Å². The zero-order valence-electron chi connectivity index (χ0n) is 8.96. The van der Waals surface area contributed by atoms with Crippen molar-refractivity contribution in [2.75, 3.05) is 18.6 Å². The van der Waals surface area contributed by atoms with E-state index in [0.29, 0.717) is 28.1 Å². The lowest BCUT2D eigenvalue weighted by Crippen LogP contribution is -2.31. The first-order valence-corrected chi connectivity index (χ1v) is 5.65. The first kappa shape index (κ1) is 11.6. The predicted octanol–water partition coefficient (Wildman–Crippen LogP) is 2.98. The molecule has 1 aromatic rings. The maximum Gasteiger partial charge on any atom is 0.233 e. The van der Waals surface area contributed by atoms with E-state index in [1.165, 1.54) is 4.90 Å². The molecule has 0 spiro atoms. The van der Waals surface area contributed by atoms with Crippen molar-refractivity contribution in [1.82, 2.24) is 0 Å². The number of ether oxygens (including phenoxy) is 1. The standard InChI is InChI=1S/C11H11Cl2NO2/c1-6-5-16-10-8(13)3-7(12)4-9(10)14(2)11(6)15/h3-4,6H,5H2,1-2H3. The van der Waals surface area contributed by atoms with Crippen LogP contribution in [-0.2, 0) is 4.79 Å². The van der Waals surface area contributed by atoms with Crippen LogP contribution in [0.1, 0.15) is 6.92 Å². The second-order valence-electron chi connectivity index (χ2n) is 3.85. The summed E-state index contributed by atoms with van der Waals surface area (Å²) < 4.78 is 5.53. The van der Waals surface area contributed by atoms with Gasteiger partial charge in [0.05, 0.1) is 23.2 Å². The van der Waals surface area contributed by atoms with Crippen molar-refractivity contribution in [1.29, 1.82) is 0 Å². The first-order valence-electron chi connectivity index (χ1n) is 4.90. The van der Waals surface area contributed by atoms with Gasteiger partial charge in [-0.15, -0.1) is 0 Å². The highest BCUT2D eigenvalue weighted by atomic mass is 35.5. The molecule has 1 amide bonds. The van der Waals surface area contributed by atoms with E-state index < -0.39 is 0 Å². The van der Waals surface area contributed by atoms with E-state index in [9.17, 15) is 4.79 Å². The Morgan fingerprint density at radius 2 is 2.12 bits per heavy atom. The van der Waals surface area contributed by atoms with Crippen molar-refractivity contribution < 1.29 is 9.53 Å². The highest BCUT2D eigenvalue weighted by Crippen LogP contribution is 2.40. The van der Waals surface area contributed by atoms with Gasteiger partial charge in [-0.1, -0.05) is 30.1 Å². The molecule has 0 radical (unpaired) electrons. The van der Waals surface area contributed by atoms with Crippen LogP contribution < -0.4 is 9.64 Å². The number of nitrogens with zero attached hydrogens (tertiary/aromatic N) is 1. The molecule has 0 fully saturated rings. The number of hydrogen-bond donors (Lipinski definition) is 0. The van der Waals surface area contributed by atoms with Crippen LogP contribution in [0.2, 0.25) is 10.0 Å². The summed E-state index contributed by atoms with van der Waals surface area (Å²) in [5.41, 5.74) is 0.617. The van der Waals surface area contributed by atoms with Crippen LogP contribution in [-0.4, -0.2) is 19.6 Å². The van der Waals surface area contributed by atoms with Gasteiger partial charge >= 0.3 is 0 Å². The number of hydrogen-bond acceptors (Lipinski definition) is 2. The summed E-state index contributed by atoms with van der Waals surface area (Å²) in [6, 6.07) is 3.29. The SMILES string of the molecule is CC1COc2c(Cl)cc(Cl)cc2N(C)C1=O. The topological polar surface area (TPSA) is 29.5 Å². The summed E-state index contributed by atoms with van der Waals surface area (Å²) >= 11 is 11.9. The molecule has 0 aromatic heterocycles. The van der Waals surface area contributed by atoms with E-state index in [1.807, 2.05) is 6.92 Å². The second-order valence-corrected chi connectivity index (χ2v) is 4.69. The normalized spacial score (nSPS) is 20.1. The monoisotopic (exact) mass is 259 g/mol. The molecule has 1 atom stereocenters. The van der Waals surface area contributed by atoms with Gasteiger partial charge in [-0.05, 0) is 12.1 Å². The van der Waals surface area contributed by atoms with Crippen LogP contribution in [0, 0.1) is 5.92 Å². The molecular weight excluding hydrogens is 249 g/mol. The molecule has 1 unspecified atom stereocenters. The maximum atomic E-state index is 11.9. The van der Waals surface area contributed by atoms with Gasteiger partial charge in [0.1, 0.15) is 0 Å². The smallest absolute Gasteiger partial charge is 0.233 e. The van der Waals surface area contributed by atoms with Crippen LogP contribution in [0.3, 0.4) is 0 Å². The average Bonchev–Trinajstić information content (AvgIpc) is 2.32. The number of carbonyl (C=O) groups excluding carboxylic acids is 1. The molecule has 1 heterocycles. The van der Waals surface area contributed by atoms with Crippen LogP contribution in [0.15, 0.2) is 12.1 Å². The molecule has 0 aliphatic carbocycles. The van der Waals surface area contributed by atoms with E-state index in [1.54, 1.807) is 19.2 Å². The van der Waals surface area contributed by atoms with Crippen molar-refractivity contribution in [3.05, 3.63) is 22.2 Å². The lowest BCUT2D eigenvalue weighted by molar-refractivity contribution is -0.122. The van der Waals surface area contributed by atoms with Gasteiger partial charge in [0.15, 0.2) is 5.75 Å². The van der Waals surface area contributed by atoms with Gasteiger partial charge in [0.25, 0.3) is 0 Å². The van der Waals surface area contributed by atoms with Gasteiger partial charge in [0.2, 0.25) is 5.91 Å². The summed E-state index contributed by atoms with van der Waals surface area (Å²) in [5, 5.41) is 0.915. The number of benzene rings is 1. The minimum absolute atomic E-state index is 0.00270. The molecule has 5 heteroatoms. The van der Waals surface area contributed by atoms with E-state index in [-0.39, 0.29) is 11.8 Å². The van der Waals surface area contributed by atoms with E-state index >= 15 is 0 Å². The van der Waals surface area contributed by atoms with Crippen LogP contribution in [0.25, 0.3) is 0 Å². The van der Waals surface area contributed by atoms with Crippen molar-refractivity contribution >= 4 is 34.8 Å². The van der Waals surface area contributed by atoms with Crippen molar-refractivity contribution in [3.8, 4) is 5.75 Å². The number of halogens is 2. The number of amides is 1. The maximum absolute atomic E-state index is 11.9. The quantitative estimate of drug-likeness (QED) is 0.717. The molecule has 86 valence electrons. The largest absolute Gasteiger partial charge is 0.489 e. The average molecular weight is 260 g/mol. The molecule has 3 nitrogen and oxygen atoms in total. The molecule has 1 aliphatic rings. The van der Waals surface area contributed by atoms with E-state index in [0.717, 1.165) is 0 Å². The Morgan fingerprint density at radius 1 is 1.44 bits per heavy atom. The fraction of sp³-hybridized carbons (Fsp3) is 0.364. The molecule has 0 saturated heterocycles. The third-order valence-electron chi connectivity index (χ3n) is 2.58. The Bertz CT molecular complexity index is 448. The molecule has 16 heavy (non-hydrogen) atoms. The molecule has 2 rings (SSSR count). The summed E-state index contributed by atoms with van der Waals surface area (Å²) in [6.07, 6.45) is 0. The Morgan fingerprint density at radius 3 is 2.81 bits per heavy atom. The summed E-state index contributed by atoms with van der Waals surface area (Å²) in [6.45, 7) is 2.15. The van der Waals surface area contributed by atoms with Gasteiger partial charge in [0, 0.05) is 12.1 Å². The Balaban J connectivity index is 2.57. The van der Waals surface area contributed by atoms with Gasteiger partial charge in [-0.3, -0.25) is 4.79 Å². The Hall–Kier alpha value is -0.930. The van der Waals surface area contributed by atoms with E-state index in [2.05, 4.69) is 0 Å². The first-order chi connectivity index (χ1) is 7.50. The van der Waals surface area contributed by atoms with Crippen LogP contribution in [0.5, 0.6) is 5.75 Å². The lowest BCUT2D eigenvalue weighted by Gasteiger charge is -2.18. The highest BCUT2D eigenvalue weighted by molar-refractivity contribution is 6.36. The van der Waals surface area contributed by atoms with Crippen molar-refractivity contribution in [2.45, 2.75) is 6.92 Å². The van der Waals surface area contributed by atoms with Crippen molar-refractivity contribution in [2.24, 2.45) is 5.92 Å². The zero-order valence-corrected chi connectivity index (χ0v) is 10.5. The fourth-order valence-corrected chi connectivity index (χ4v) is 2.20. The summed E-state index contributed by atoms with van der Waals surface area (Å²) in [4.78, 5) is 13.4.